The van der Waals surface area contributed by atoms with E-state index in [0.717, 1.165) is 16.7 Å². The van der Waals surface area contributed by atoms with Gasteiger partial charge in [0.1, 0.15) is 11.8 Å². The number of allylic oxidation sites excluding steroid dienone is 2. The number of fused-ring (bicyclic) bond motifs is 6. The van der Waals surface area contributed by atoms with Crippen LogP contribution in [0, 0.1) is 18.3 Å². The van der Waals surface area contributed by atoms with E-state index in [-0.39, 0.29) is 54.7 Å². The van der Waals surface area contributed by atoms with Gasteiger partial charge in [0, 0.05) is 54.9 Å². The summed E-state index contributed by atoms with van der Waals surface area (Å²) in [7, 11) is 5.09. The highest BCUT2D eigenvalue weighted by Gasteiger charge is 2.57. The van der Waals surface area contributed by atoms with E-state index in [0.29, 0.717) is 23.5 Å². The number of likely N-dealkylation sites (N-methyl/N-ethyl adjacent to an activating group) is 1. The van der Waals surface area contributed by atoms with E-state index >= 15 is 0 Å². The second-order valence-corrected chi connectivity index (χ2v) is 10.8. The molecule has 1 saturated heterocycles. The van der Waals surface area contributed by atoms with Crippen molar-refractivity contribution >= 4 is 17.5 Å². The lowest BCUT2D eigenvalue weighted by molar-refractivity contribution is -0.134. The SMILES string of the molecule is COCOc1c(OC)c(C)cc2c1C1[C@@H]3CC4=C(C(=O)C(=O)C(C)=C4O)C(CNC(C)=O)N3[C@@H](C#N)C(C2)N1C. The Morgan fingerprint density at radius 1 is 1.18 bits per heavy atom. The fourth-order valence-electron chi connectivity index (χ4n) is 7.06. The highest BCUT2D eigenvalue weighted by Crippen LogP contribution is 2.54. The average Bonchev–Trinajstić information content (AvgIpc) is 2.92. The van der Waals surface area contributed by atoms with Crippen LogP contribution < -0.4 is 14.8 Å². The van der Waals surface area contributed by atoms with Crippen LogP contribution in [-0.2, 0) is 25.5 Å². The molecule has 1 aromatic carbocycles. The van der Waals surface area contributed by atoms with Gasteiger partial charge in [-0.2, -0.15) is 5.26 Å². The van der Waals surface area contributed by atoms with Gasteiger partial charge in [-0.05, 0) is 44.9 Å². The van der Waals surface area contributed by atoms with Crippen molar-refractivity contribution in [3.8, 4) is 17.6 Å². The molecule has 40 heavy (non-hydrogen) atoms. The topological polar surface area (TPSA) is 141 Å². The number of aryl methyl sites for hydroxylation is 1. The molecule has 1 amide bonds. The van der Waals surface area contributed by atoms with Gasteiger partial charge in [0.15, 0.2) is 18.3 Å². The van der Waals surface area contributed by atoms with Crippen molar-refractivity contribution in [2.75, 3.05) is 34.6 Å². The van der Waals surface area contributed by atoms with Crippen molar-refractivity contribution in [1.82, 2.24) is 15.1 Å². The Kier molecular flexibility index (Phi) is 7.20. The van der Waals surface area contributed by atoms with Gasteiger partial charge in [0.2, 0.25) is 17.5 Å². The Balaban J connectivity index is 1.76. The molecule has 2 bridgehead atoms. The summed E-state index contributed by atoms with van der Waals surface area (Å²) in [6.45, 7) is 4.76. The number of rotatable bonds is 6. The largest absolute Gasteiger partial charge is 0.507 e. The maximum Gasteiger partial charge on any atom is 0.232 e. The maximum atomic E-state index is 13.4. The third-order valence-corrected chi connectivity index (χ3v) is 8.73. The Morgan fingerprint density at radius 3 is 2.52 bits per heavy atom. The smallest absolute Gasteiger partial charge is 0.232 e. The van der Waals surface area contributed by atoms with Gasteiger partial charge in [-0.1, -0.05) is 6.07 Å². The van der Waals surface area contributed by atoms with Crippen LogP contribution in [-0.4, -0.2) is 91.2 Å². The third kappa shape index (κ3) is 4.01. The molecule has 1 fully saturated rings. The molecule has 5 atom stereocenters. The van der Waals surface area contributed by atoms with Gasteiger partial charge in [0.25, 0.3) is 0 Å². The molecule has 11 nitrogen and oxygen atoms in total. The van der Waals surface area contributed by atoms with Crippen LogP contribution in [0.4, 0.5) is 0 Å². The fourth-order valence-corrected chi connectivity index (χ4v) is 7.06. The first-order valence-electron chi connectivity index (χ1n) is 13.2. The summed E-state index contributed by atoms with van der Waals surface area (Å²) in [5, 5.41) is 24.5. The minimum absolute atomic E-state index is 0.000180. The number of Topliss-reactive ketones (excluding diaryl/α,β-unsaturated/α-hetero) is 2. The van der Waals surface area contributed by atoms with E-state index in [1.54, 1.807) is 7.11 Å². The summed E-state index contributed by atoms with van der Waals surface area (Å²) in [5.74, 6) is -0.863. The second kappa shape index (κ2) is 10.4. The molecule has 3 unspecified atom stereocenters. The van der Waals surface area contributed by atoms with Crippen LogP contribution in [0.15, 0.2) is 28.5 Å². The lowest BCUT2D eigenvalue weighted by Gasteiger charge is -2.60. The summed E-state index contributed by atoms with van der Waals surface area (Å²) in [5.41, 5.74) is 3.35. The summed E-state index contributed by atoms with van der Waals surface area (Å²) in [6, 6.07) is 2.11. The predicted octanol–water partition coefficient (Wildman–Crippen LogP) is 1.65. The lowest BCUT2D eigenvalue weighted by atomic mass is 9.70. The number of carbonyl (C=O) groups excluding carboxylic acids is 3. The molecule has 212 valence electrons. The number of aliphatic hydroxyl groups is 1. The van der Waals surface area contributed by atoms with Crippen LogP contribution in [0.3, 0.4) is 0 Å². The number of piperazine rings is 1. The second-order valence-electron chi connectivity index (χ2n) is 10.8. The summed E-state index contributed by atoms with van der Waals surface area (Å²) in [4.78, 5) is 42.4. The van der Waals surface area contributed by atoms with E-state index < -0.39 is 29.7 Å². The van der Waals surface area contributed by atoms with Crippen molar-refractivity contribution in [2.24, 2.45) is 0 Å². The molecule has 11 heteroatoms. The highest BCUT2D eigenvalue weighted by atomic mass is 16.7. The number of methoxy groups -OCH3 is 2. The Morgan fingerprint density at radius 2 is 1.90 bits per heavy atom. The average molecular weight is 551 g/mol. The van der Waals surface area contributed by atoms with Crippen molar-refractivity contribution < 1.29 is 33.7 Å². The van der Waals surface area contributed by atoms with Gasteiger partial charge < -0.3 is 24.6 Å². The maximum absolute atomic E-state index is 13.4. The van der Waals surface area contributed by atoms with Gasteiger partial charge in [-0.15, -0.1) is 0 Å². The molecule has 0 aromatic heterocycles. The van der Waals surface area contributed by atoms with Crippen LogP contribution in [0.2, 0.25) is 0 Å². The minimum atomic E-state index is -0.787. The normalized spacial score (nSPS) is 28.0. The number of nitriles is 1. The number of benzene rings is 1. The lowest BCUT2D eigenvalue weighted by Crippen LogP contribution is -2.71. The van der Waals surface area contributed by atoms with Crippen LogP contribution in [0.1, 0.15) is 43.0 Å². The molecule has 3 aliphatic heterocycles. The van der Waals surface area contributed by atoms with Crippen molar-refractivity contribution in [2.45, 2.75) is 63.8 Å². The summed E-state index contributed by atoms with van der Waals surface area (Å²) >= 11 is 0. The third-order valence-electron chi connectivity index (χ3n) is 8.73. The minimum Gasteiger partial charge on any atom is -0.507 e. The van der Waals surface area contributed by atoms with Gasteiger partial charge in [0.05, 0.1) is 25.3 Å². The highest BCUT2D eigenvalue weighted by molar-refractivity contribution is 6.50. The number of amides is 1. The quantitative estimate of drug-likeness (QED) is 0.305. The van der Waals surface area contributed by atoms with Gasteiger partial charge >= 0.3 is 0 Å². The molecule has 0 saturated carbocycles. The molecule has 1 aliphatic carbocycles. The first-order chi connectivity index (χ1) is 19.1. The molecule has 2 N–H and O–H groups in total. The number of hydrogen-bond donors (Lipinski definition) is 2. The fraction of sp³-hybridized carbons (Fsp3) is 0.517. The Hall–Kier alpha value is -3.72. The number of carbonyl (C=O) groups is 3. The number of ether oxygens (including phenoxy) is 3. The molecular weight excluding hydrogens is 516 g/mol. The molecule has 0 radical (unpaired) electrons. The number of ketones is 2. The Labute approximate surface area is 233 Å². The molecule has 4 aliphatic rings. The van der Waals surface area contributed by atoms with Crippen LogP contribution in [0.25, 0.3) is 0 Å². The van der Waals surface area contributed by atoms with E-state index in [1.807, 2.05) is 18.9 Å². The predicted molar refractivity (Wildman–Crippen MR) is 143 cm³/mol. The Bertz CT molecular complexity index is 1410. The summed E-state index contributed by atoms with van der Waals surface area (Å²) < 4.78 is 17.1. The zero-order chi connectivity index (χ0) is 29.0. The molecule has 0 spiro atoms. The number of aliphatic hydroxyl groups excluding tert-OH is 1. The van der Waals surface area contributed by atoms with E-state index in [9.17, 15) is 24.8 Å². The van der Waals surface area contributed by atoms with Crippen molar-refractivity contribution in [3.63, 3.8) is 0 Å². The van der Waals surface area contributed by atoms with Gasteiger partial charge in [-0.3, -0.25) is 24.2 Å². The zero-order valence-electron chi connectivity index (χ0n) is 23.5. The molecule has 1 aromatic rings. The standard InChI is InChI=1S/C29H34N4O7/c1-13-7-16-8-18-20(10-30)33-19(24(32(18)4)22(16)29(28(13)39-6)40-12-38-5)9-17-23(21(33)11-31-15(3)34)27(37)26(36)14(2)25(17)35/h7,18-21,24,35H,8-9,11-12H2,1-6H3,(H,31,34)/t18?,19-,20-,21?,24?/m0/s1. The van der Waals surface area contributed by atoms with Crippen LogP contribution >= 0.6 is 0 Å². The van der Waals surface area contributed by atoms with E-state index in [2.05, 4.69) is 22.4 Å². The molecular formula is C29H34N4O7. The monoisotopic (exact) mass is 550 g/mol. The number of hydrogen-bond acceptors (Lipinski definition) is 10. The number of nitrogens with one attached hydrogen (secondary N) is 1. The summed E-state index contributed by atoms with van der Waals surface area (Å²) in [6.07, 6.45) is 0.751. The van der Waals surface area contributed by atoms with Gasteiger partial charge in [-0.25, -0.2) is 0 Å². The van der Waals surface area contributed by atoms with Crippen molar-refractivity contribution in [3.05, 3.63) is 45.2 Å². The van der Waals surface area contributed by atoms with E-state index in [4.69, 9.17) is 14.2 Å². The first-order valence-corrected chi connectivity index (χ1v) is 13.2. The zero-order valence-corrected chi connectivity index (χ0v) is 23.5. The number of nitrogens with zero attached hydrogens (tertiary/aromatic N) is 3. The molecule has 5 rings (SSSR count). The molecule has 3 heterocycles. The van der Waals surface area contributed by atoms with E-state index in [1.165, 1.54) is 21.0 Å². The van der Waals surface area contributed by atoms with Crippen molar-refractivity contribution in [1.29, 1.82) is 5.26 Å². The van der Waals surface area contributed by atoms with Crippen LogP contribution in [0.5, 0.6) is 11.5 Å². The first kappa shape index (κ1) is 27.8.